The molecule has 8 heteroatoms. The zero-order chi connectivity index (χ0) is 13.7. The van der Waals surface area contributed by atoms with Gasteiger partial charge in [-0.15, -0.1) is 5.10 Å². The van der Waals surface area contributed by atoms with Gasteiger partial charge in [-0.05, 0) is 12.8 Å². The lowest BCUT2D eigenvalue weighted by Gasteiger charge is -2.20. The summed E-state index contributed by atoms with van der Waals surface area (Å²) in [5.74, 6) is -1.16. The van der Waals surface area contributed by atoms with Crippen LogP contribution >= 0.6 is 0 Å². The number of rotatable bonds is 5. The van der Waals surface area contributed by atoms with Gasteiger partial charge in [0.05, 0.1) is 25.3 Å². The molecule has 1 aliphatic heterocycles. The van der Waals surface area contributed by atoms with E-state index in [1.54, 1.807) is 0 Å². The number of carbonyl (C=O) groups excluding carboxylic acids is 1. The Kier molecular flexibility index (Phi) is 4.45. The number of amides is 1. The molecule has 1 unspecified atom stereocenters. The van der Waals surface area contributed by atoms with Crippen molar-refractivity contribution in [2.24, 2.45) is 5.92 Å². The lowest BCUT2D eigenvalue weighted by molar-refractivity contribution is -0.138. The predicted octanol–water partition coefficient (Wildman–Crippen LogP) is -0.594. The van der Waals surface area contributed by atoms with Crippen molar-refractivity contribution in [1.82, 2.24) is 20.3 Å². The maximum absolute atomic E-state index is 11.8. The lowest BCUT2D eigenvalue weighted by atomic mass is 10.0. The molecule has 0 radical (unpaired) electrons. The Hall–Kier alpha value is -1.96. The minimum Gasteiger partial charge on any atom is -0.480 e. The van der Waals surface area contributed by atoms with Gasteiger partial charge >= 0.3 is 5.97 Å². The summed E-state index contributed by atoms with van der Waals surface area (Å²) in [6, 6.07) is 0. The van der Waals surface area contributed by atoms with E-state index in [-0.39, 0.29) is 24.9 Å². The van der Waals surface area contributed by atoms with Crippen LogP contribution in [0, 0.1) is 5.92 Å². The zero-order valence-corrected chi connectivity index (χ0v) is 10.4. The van der Waals surface area contributed by atoms with Crippen molar-refractivity contribution in [2.45, 2.75) is 25.9 Å². The number of nitrogens with zero attached hydrogens (tertiary/aromatic N) is 3. The maximum atomic E-state index is 11.8. The Morgan fingerprint density at radius 2 is 2.42 bits per heavy atom. The van der Waals surface area contributed by atoms with Crippen LogP contribution in [-0.2, 0) is 27.4 Å². The molecule has 2 heterocycles. The van der Waals surface area contributed by atoms with Crippen LogP contribution in [0.1, 0.15) is 18.5 Å². The number of carbonyl (C=O) groups is 2. The Morgan fingerprint density at radius 1 is 1.58 bits per heavy atom. The molecule has 2 rings (SSSR count). The van der Waals surface area contributed by atoms with Crippen LogP contribution < -0.4 is 5.32 Å². The molecule has 0 saturated carbocycles. The van der Waals surface area contributed by atoms with E-state index in [1.807, 2.05) is 0 Å². The number of hydrogen-bond donors (Lipinski definition) is 2. The molecule has 1 aromatic rings. The first kappa shape index (κ1) is 13.5. The summed E-state index contributed by atoms with van der Waals surface area (Å²) >= 11 is 0. The highest BCUT2D eigenvalue weighted by Gasteiger charge is 2.21. The fraction of sp³-hybridized carbons (Fsp3) is 0.636. The minimum absolute atomic E-state index is 0.0625. The van der Waals surface area contributed by atoms with E-state index in [1.165, 1.54) is 10.9 Å². The van der Waals surface area contributed by atoms with E-state index in [4.69, 9.17) is 9.84 Å². The highest BCUT2D eigenvalue weighted by Crippen LogP contribution is 2.13. The summed E-state index contributed by atoms with van der Waals surface area (Å²) in [4.78, 5) is 22.3. The quantitative estimate of drug-likeness (QED) is 0.739. The van der Waals surface area contributed by atoms with Gasteiger partial charge in [-0.3, -0.25) is 9.59 Å². The summed E-state index contributed by atoms with van der Waals surface area (Å²) in [5, 5.41) is 18.8. The SMILES string of the molecule is O=C(O)Cn1cc(CNC(=O)C2CCCOC2)nn1. The Bertz CT molecular complexity index is 453. The Labute approximate surface area is 109 Å². The molecule has 8 nitrogen and oxygen atoms in total. The van der Waals surface area contributed by atoms with Crippen LogP contribution in [0.2, 0.25) is 0 Å². The number of carboxylic acids is 1. The first-order chi connectivity index (χ1) is 9.15. The Morgan fingerprint density at radius 3 is 3.11 bits per heavy atom. The van der Waals surface area contributed by atoms with Gasteiger partial charge < -0.3 is 15.2 Å². The zero-order valence-electron chi connectivity index (χ0n) is 10.4. The van der Waals surface area contributed by atoms with Gasteiger partial charge in [0.15, 0.2) is 0 Å². The third kappa shape index (κ3) is 4.02. The van der Waals surface area contributed by atoms with E-state index < -0.39 is 5.97 Å². The van der Waals surface area contributed by atoms with Crippen molar-refractivity contribution in [1.29, 1.82) is 0 Å². The number of aliphatic carboxylic acids is 1. The summed E-state index contributed by atoms with van der Waals surface area (Å²) in [7, 11) is 0. The maximum Gasteiger partial charge on any atom is 0.325 e. The van der Waals surface area contributed by atoms with Crippen molar-refractivity contribution >= 4 is 11.9 Å². The molecular weight excluding hydrogens is 252 g/mol. The van der Waals surface area contributed by atoms with Crippen LogP contribution in [0.5, 0.6) is 0 Å². The molecule has 0 bridgehead atoms. The second-order valence-electron chi connectivity index (χ2n) is 4.43. The van der Waals surface area contributed by atoms with Crippen LogP contribution in [-0.4, -0.2) is 45.2 Å². The van der Waals surface area contributed by atoms with Gasteiger partial charge in [0.25, 0.3) is 0 Å². The molecule has 0 aromatic carbocycles. The first-order valence-corrected chi connectivity index (χ1v) is 6.11. The number of ether oxygens (including phenoxy) is 1. The summed E-state index contributed by atoms with van der Waals surface area (Å²) in [6.45, 7) is 1.18. The molecule has 2 N–H and O–H groups in total. The van der Waals surface area contributed by atoms with Gasteiger partial charge in [-0.2, -0.15) is 0 Å². The third-order valence-electron chi connectivity index (χ3n) is 2.86. The molecule has 1 fully saturated rings. The van der Waals surface area contributed by atoms with Crippen molar-refractivity contribution in [2.75, 3.05) is 13.2 Å². The summed E-state index contributed by atoms with van der Waals surface area (Å²) < 4.78 is 6.46. The second-order valence-corrected chi connectivity index (χ2v) is 4.43. The van der Waals surface area contributed by atoms with Crippen LogP contribution in [0.3, 0.4) is 0 Å². The van der Waals surface area contributed by atoms with Gasteiger partial charge in [-0.1, -0.05) is 5.21 Å². The van der Waals surface area contributed by atoms with Crippen molar-refractivity contribution < 1.29 is 19.4 Å². The smallest absolute Gasteiger partial charge is 0.325 e. The van der Waals surface area contributed by atoms with Crippen LogP contribution in [0.15, 0.2) is 6.20 Å². The monoisotopic (exact) mass is 268 g/mol. The molecular formula is C11H16N4O4. The van der Waals surface area contributed by atoms with E-state index in [2.05, 4.69) is 15.6 Å². The third-order valence-corrected chi connectivity index (χ3v) is 2.86. The Balaban J connectivity index is 1.79. The van der Waals surface area contributed by atoms with E-state index in [0.717, 1.165) is 12.8 Å². The molecule has 104 valence electrons. The average Bonchev–Trinajstić information content (AvgIpc) is 2.84. The van der Waals surface area contributed by atoms with E-state index in [0.29, 0.717) is 18.9 Å². The normalized spacial score (nSPS) is 19.1. The molecule has 1 atom stereocenters. The number of carboxylic acid groups (broad SMARTS) is 1. The van der Waals surface area contributed by atoms with E-state index >= 15 is 0 Å². The number of aromatic nitrogens is 3. The molecule has 1 aliphatic rings. The molecule has 0 spiro atoms. The minimum atomic E-state index is -0.986. The van der Waals surface area contributed by atoms with Gasteiger partial charge in [0, 0.05) is 6.61 Å². The fourth-order valence-electron chi connectivity index (χ4n) is 1.90. The number of nitrogens with one attached hydrogen (secondary N) is 1. The first-order valence-electron chi connectivity index (χ1n) is 6.11. The lowest BCUT2D eigenvalue weighted by Crippen LogP contribution is -2.35. The van der Waals surface area contributed by atoms with Gasteiger partial charge in [-0.25, -0.2) is 4.68 Å². The highest BCUT2D eigenvalue weighted by molar-refractivity contribution is 5.78. The van der Waals surface area contributed by atoms with Gasteiger partial charge in [0.2, 0.25) is 5.91 Å². The fourth-order valence-corrected chi connectivity index (χ4v) is 1.90. The van der Waals surface area contributed by atoms with Crippen LogP contribution in [0.25, 0.3) is 0 Å². The standard InChI is InChI=1S/C11H16N4O4/c16-10(17)6-15-5-9(13-14-15)4-12-11(18)8-2-1-3-19-7-8/h5,8H,1-4,6-7H2,(H,12,18)(H,16,17). The largest absolute Gasteiger partial charge is 0.480 e. The predicted molar refractivity (Wildman–Crippen MR) is 63.0 cm³/mol. The molecule has 1 saturated heterocycles. The summed E-state index contributed by atoms with van der Waals surface area (Å²) in [5.41, 5.74) is 0.534. The van der Waals surface area contributed by atoms with Gasteiger partial charge in [0.1, 0.15) is 12.2 Å². The molecule has 0 aliphatic carbocycles. The van der Waals surface area contributed by atoms with Crippen LogP contribution in [0.4, 0.5) is 0 Å². The molecule has 19 heavy (non-hydrogen) atoms. The average molecular weight is 268 g/mol. The van der Waals surface area contributed by atoms with Crippen molar-refractivity contribution in [3.05, 3.63) is 11.9 Å². The van der Waals surface area contributed by atoms with Crippen molar-refractivity contribution in [3.63, 3.8) is 0 Å². The van der Waals surface area contributed by atoms with Crippen molar-refractivity contribution in [3.8, 4) is 0 Å². The topological polar surface area (TPSA) is 106 Å². The summed E-state index contributed by atoms with van der Waals surface area (Å²) in [6.07, 6.45) is 3.23. The van der Waals surface area contributed by atoms with E-state index in [9.17, 15) is 9.59 Å². The molecule has 1 aromatic heterocycles. The number of hydrogen-bond acceptors (Lipinski definition) is 5. The second kappa shape index (κ2) is 6.28. The highest BCUT2D eigenvalue weighted by atomic mass is 16.5. The molecule has 1 amide bonds.